The van der Waals surface area contributed by atoms with Gasteiger partial charge in [0.2, 0.25) is 15.9 Å². The number of rotatable bonds is 10. The lowest BCUT2D eigenvalue weighted by atomic mass is 10.1. The van der Waals surface area contributed by atoms with Crippen LogP contribution in [-0.2, 0) is 27.7 Å². The van der Waals surface area contributed by atoms with Crippen LogP contribution in [0.1, 0.15) is 32.0 Å². The van der Waals surface area contributed by atoms with E-state index in [1.54, 1.807) is 19.9 Å². The molecule has 0 bridgehead atoms. The van der Waals surface area contributed by atoms with Gasteiger partial charge in [0.15, 0.2) is 0 Å². The largest absolute Gasteiger partial charge is 0.495 e. The number of methoxy groups -OCH3 is 1. The number of carbonyl (C=O) groups is 1. The second kappa shape index (κ2) is 10.9. The fourth-order valence-corrected chi connectivity index (χ4v) is 5.73. The predicted molar refractivity (Wildman–Crippen MR) is 132 cm³/mol. The zero-order valence-electron chi connectivity index (χ0n) is 19.3. The number of amides is 1. The SMILES string of the molecule is CCc1ccc(-c2nc(CC(=O)Nc3cc(S(=O)(=O)N(CC)CC)ccc3OC)cs2)cc1. The van der Waals surface area contributed by atoms with Crippen molar-refractivity contribution in [3.63, 3.8) is 0 Å². The van der Waals surface area contributed by atoms with Crippen molar-refractivity contribution in [1.82, 2.24) is 9.29 Å². The summed E-state index contributed by atoms with van der Waals surface area (Å²) in [6.45, 7) is 6.40. The molecule has 0 aliphatic rings. The summed E-state index contributed by atoms with van der Waals surface area (Å²) in [4.78, 5) is 17.4. The van der Waals surface area contributed by atoms with Crippen LogP contribution in [0.15, 0.2) is 52.7 Å². The minimum atomic E-state index is -3.66. The van der Waals surface area contributed by atoms with Gasteiger partial charge in [0.05, 0.1) is 29.8 Å². The lowest BCUT2D eigenvalue weighted by Crippen LogP contribution is -2.30. The summed E-state index contributed by atoms with van der Waals surface area (Å²) in [7, 11) is -2.19. The fraction of sp³-hybridized carbons (Fsp3) is 0.333. The summed E-state index contributed by atoms with van der Waals surface area (Å²) < 4.78 is 32.4. The number of ether oxygens (including phenoxy) is 1. The Hall–Kier alpha value is -2.75. The van der Waals surface area contributed by atoms with Crippen LogP contribution < -0.4 is 10.1 Å². The van der Waals surface area contributed by atoms with Crippen molar-refractivity contribution in [3.05, 3.63) is 59.1 Å². The molecule has 7 nitrogen and oxygen atoms in total. The molecule has 0 saturated heterocycles. The van der Waals surface area contributed by atoms with Crippen molar-refractivity contribution < 1.29 is 17.9 Å². The van der Waals surface area contributed by atoms with E-state index in [1.165, 1.54) is 40.4 Å². The number of aryl methyl sites for hydroxylation is 1. The third-order valence-corrected chi connectivity index (χ3v) is 8.28. The first-order chi connectivity index (χ1) is 15.8. The number of anilines is 1. The minimum absolute atomic E-state index is 0.0692. The number of hydrogen-bond donors (Lipinski definition) is 1. The summed E-state index contributed by atoms with van der Waals surface area (Å²) in [5.41, 5.74) is 3.23. The maximum absolute atomic E-state index is 12.9. The molecule has 0 atom stereocenters. The lowest BCUT2D eigenvalue weighted by Gasteiger charge is -2.19. The molecule has 9 heteroatoms. The number of aromatic nitrogens is 1. The Kier molecular flexibility index (Phi) is 8.23. The molecule has 0 radical (unpaired) electrons. The minimum Gasteiger partial charge on any atom is -0.495 e. The molecule has 1 N–H and O–H groups in total. The summed E-state index contributed by atoms with van der Waals surface area (Å²) in [5.74, 6) is 0.0840. The van der Waals surface area contributed by atoms with Crippen molar-refractivity contribution in [2.45, 2.75) is 38.5 Å². The second-order valence-electron chi connectivity index (χ2n) is 7.37. The average Bonchev–Trinajstić information content (AvgIpc) is 3.28. The number of thiazole rings is 1. The molecule has 3 rings (SSSR count). The molecule has 0 spiro atoms. The van der Waals surface area contributed by atoms with Gasteiger partial charge in [0, 0.05) is 24.0 Å². The lowest BCUT2D eigenvalue weighted by molar-refractivity contribution is -0.115. The molecule has 176 valence electrons. The first-order valence-corrected chi connectivity index (χ1v) is 13.2. The Morgan fingerprint density at radius 3 is 2.39 bits per heavy atom. The van der Waals surface area contributed by atoms with Crippen LogP contribution in [-0.4, -0.2) is 43.8 Å². The molecule has 33 heavy (non-hydrogen) atoms. The Morgan fingerprint density at radius 1 is 1.09 bits per heavy atom. The van der Waals surface area contributed by atoms with E-state index in [9.17, 15) is 13.2 Å². The smallest absolute Gasteiger partial charge is 0.243 e. The van der Waals surface area contributed by atoms with Gasteiger partial charge in [-0.1, -0.05) is 45.0 Å². The molecule has 1 amide bonds. The van der Waals surface area contributed by atoms with Gasteiger partial charge in [-0.25, -0.2) is 13.4 Å². The maximum atomic E-state index is 12.9. The molecule has 1 aromatic heterocycles. The first kappa shape index (κ1) is 24.9. The molecule has 0 aliphatic heterocycles. The molecular weight excluding hydrogens is 458 g/mol. The number of nitrogens with one attached hydrogen (secondary N) is 1. The van der Waals surface area contributed by atoms with Crippen molar-refractivity contribution in [3.8, 4) is 16.3 Å². The number of nitrogens with zero attached hydrogens (tertiary/aromatic N) is 2. The van der Waals surface area contributed by atoms with Gasteiger partial charge in [0.1, 0.15) is 10.8 Å². The number of carbonyl (C=O) groups excluding carboxylic acids is 1. The van der Waals surface area contributed by atoms with Gasteiger partial charge in [0.25, 0.3) is 0 Å². The van der Waals surface area contributed by atoms with Crippen molar-refractivity contribution in [1.29, 1.82) is 0 Å². The van der Waals surface area contributed by atoms with Gasteiger partial charge < -0.3 is 10.1 Å². The summed E-state index contributed by atoms with van der Waals surface area (Å²) >= 11 is 1.49. The highest BCUT2D eigenvalue weighted by Gasteiger charge is 2.23. The van der Waals surface area contributed by atoms with E-state index < -0.39 is 10.0 Å². The molecule has 0 saturated carbocycles. The van der Waals surface area contributed by atoms with E-state index in [-0.39, 0.29) is 17.2 Å². The topological polar surface area (TPSA) is 88.6 Å². The number of sulfonamides is 1. The molecule has 0 fully saturated rings. The summed E-state index contributed by atoms with van der Waals surface area (Å²) in [5, 5.41) is 5.49. The van der Waals surface area contributed by atoms with E-state index in [2.05, 4.69) is 29.4 Å². The van der Waals surface area contributed by atoms with Crippen LogP contribution in [0.25, 0.3) is 10.6 Å². The van der Waals surface area contributed by atoms with Crippen molar-refractivity contribution in [2.24, 2.45) is 0 Å². The van der Waals surface area contributed by atoms with Gasteiger partial charge in [-0.15, -0.1) is 11.3 Å². The molecule has 0 aliphatic carbocycles. The third kappa shape index (κ3) is 5.79. The van der Waals surface area contributed by atoms with E-state index in [1.807, 2.05) is 17.5 Å². The average molecular weight is 488 g/mol. The van der Waals surface area contributed by atoms with Crippen LogP contribution in [0.4, 0.5) is 5.69 Å². The highest BCUT2D eigenvalue weighted by molar-refractivity contribution is 7.89. The normalized spacial score (nSPS) is 11.5. The van der Waals surface area contributed by atoms with Crippen LogP contribution >= 0.6 is 11.3 Å². The summed E-state index contributed by atoms with van der Waals surface area (Å²) in [6, 6.07) is 12.7. The number of hydrogen-bond acceptors (Lipinski definition) is 6. The van der Waals surface area contributed by atoms with Crippen LogP contribution in [0.3, 0.4) is 0 Å². The zero-order chi connectivity index (χ0) is 24.0. The maximum Gasteiger partial charge on any atom is 0.243 e. The van der Waals surface area contributed by atoms with Gasteiger partial charge in [-0.3, -0.25) is 4.79 Å². The molecule has 3 aromatic rings. The molecule has 1 heterocycles. The fourth-order valence-electron chi connectivity index (χ4n) is 3.42. The Morgan fingerprint density at radius 2 is 1.79 bits per heavy atom. The quantitative estimate of drug-likeness (QED) is 0.452. The van der Waals surface area contributed by atoms with E-state index in [0.29, 0.717) is 30.2 Å². The van der Waals surface area contributed by atoms with E-state index >= 15 is 0 Å². The van der Waals surface area contributed by atoms with E-state index in [0.717, 1.165) is 17.0 Å². The Balaban J connectivity index is 1.76. The predicted octanol–water partition coefficient (Wildman–Crippen LogP) is 4.59. The van der Waals surface area contributed by atoms with Crippen LogP contribution in [0, 0.1) is 0 Å². The van der Waals surface area contributed by atoms with Gasteiger partial charge >= 0.3 is 0 Å². The highest BCUT2D eigenvalue weighted by Crippen LogP contribution is 2.29. The highest BCUT2D eigenvalue weighted by atomic mass is 32.2. The Labute approximate surface area is 199 Å². The standard InChI is InChI=1S/C24H29N3O4S2/c1-5-17-8-10-18(11-9-17)24-25-19(16-32-24)14-23(28)26-21-15-20(12-13-22(21)31-4)33(29,30)27(6-2)7-3/h8-13,15-16H,5-7,14H2,1-4H3,(H,26,28). The van der Waals surface area contributed by atoms with Crippen molar-refractivity contribution in [2.75, 3.05) is 25.5 Å². The third-order valence-electron chi connectivity index (χ3n) is 5.29. The monoisotopic (exact) mass is 487 g/mol. The molecule has 0 unspecified atom stereocenters. The first-order valence-electron chi connectivity index (χ1n) is 10.8. The second-order valence-corrected chi connectivity index (χ2v) is 10.2. The summed E-state index contributed by atoms with van der Waals surface area (Å²) in [6.07, 6.45) is 1.05. The van der Waals surface area contributed by atoms with Gasteiger partial charge in [-0.2, -0.15) is 4.31 Å². The number of benzene rings is 2. The zero-order valence-corrected chi connectivity index (χ0v) is 20.9. The van der Waals surface area contributed by atoms with Crippen LogP contribution in [0.2, 0.25) is 0 Å². The van der Waals surface area contributed by atoms with Gasteiger partial charge in [-0.05, 0) is 30.2 Å². The van der Waals surface area contributed by atoms with E-state index in [4.69, 9.17) is 4.74 Å². The molecular formula is C24H29N3O4S2. The Bertz CT molecular complexity index is 1200. The van der Waals surface area contributed by atoms with Crippen molar-refractivity contribution >= 4 is 33.0 Å². The molecule has 2 aromatic carbocycles. The van der Waals surface area contributed by atoms with Crippen LogP contribution in [0.5, 0.6) is 5.75 Å².